The average Bonchev–Trinajstić information content (AvgIpc) is 3.48. The molecule has 3 aromatic rings. The molecule has 0 atom stereocenters. The van der Waals surface area contributed by atoms with E-state index >= 15 is 0 Å². The SMILES string of the molecule is CCn1c(SCC(=O)Nc2c(C#N)c(C)c(C)n2C2CCCC2)nc2ccsc2c1=O. The molecule has 9 heteroatoms. The van der Waals surface area contributed by atoms with Gasteiger partial charge in [0.1, 0.15) is 16.6 Å². The lowest BCUT2D eigenvalue weighted by molar-refractivity contribution is -0.113. The summed E-state index contributed by atoms with van der Waals surface area (Å²) < 4.78 is 4.38. The van der Waals surface area contributed by atoms with Crippen molar-refractivity contribution in [1.82, 2.24) is 14.1 Å². The van der Waals surface area contributed by atoms with E-state index in [9.17, 15) is 14.9 Å². The molecule has 3 aromatic heterocycles. The summed E-state index contributed by atoms with van der Waals surface area (Å²) in [4.78, 5) is 30.1. The molecule has 1 amide bonds. The topological polar surface area (TPSA) is 92.7 Å². The predicted octanol–water partition coefficient (Wildman–Crippen LogP) is 4.61. The molecule has 0 spiro atoms. The summed E-state index contributed by atoms with van der Waals surface area (Å²) in [6.07, 6.45) is 4.45. The zero-order valence-corrected chi connectivity index (χ0v) is 19.5. The summed E-state index contributed by atoms with van der Waals surface area (Å²) in [7, 11) is 0. The number of thiophene rings is 1. The third kappa shape index (κ3) is 3.90. The Balaban J connectivity index is 1.58. The molecule has 1 saturated carbocycles. The molecule has 162 valence electrons. The number of carbonyl (C=O) groups excluding carboxylic acids is 1. The molecular formula is C22H25N5O2S2. The Morgan fingerprint density at radius 3 is 2.81 bits per heavy atom. The first-order valence-corrected chi connectivity index (χ1v) is 12.3. The molecule has 3 heterocycles. The lowest BCUT2D eigenvalue weighted by Crippen LogP contribution is -2.23. The van der Waals surface area contributed by atoms with E-state index < -0.39 is 0 Å². The Morgan fingerprint density at radius 1 is 1.39 bits per heavy atom. The number of nitrogens with one attached hydrogen (secondary N) is 1. The van der Waals surface area contributed by atoms with Crippen LogP contribution in [-0.4, -0.2) is 25.8 Å². The third-order valence-electron chi connectivity index (χ3n) is 6.00. The number of hydrogen-bond acceptors (Lipinski definition) is 6. The monoisotopic (exact) mass is 455 g/mol. The van der Waals surface area contributed by atoms with Gasteiger partial charge in [-0.1, -0.05) is 24.6 Å². The summed E-state index contributed by atoms with van der Waals surface area (Å²) in [6, 6.07) is 4.41. The maximum Gasteiger partial charge on any atom is 0.272 e. The van der Waals surface area contributed by atoms with Crippen LogP contribution in [0.15, 0.2) is 21.4 Å². The number of rotatable bonds is 6. The second-order valence-corrected chi connectivity index (χ2v) is 9.63. The van der Waals surface area contributed by atoms with Gasteiger partial charge in [-0.15, -0.1) is 11.3 Å². The minimum atomic E-state index is -0.208. The molecule has 0 aliphatic heterocycles. The number of thioether (sulfide) groups is 1. The highest BCUT2D eigenvalue weighted by Gasteiger charge is 2.26. The fourth-order valence-electron chi connectivity index (χ4n) is 4.32. The van der Waals surface area contributed by atoms with Gasteiger partial charge in [0.15, 0.2) is 5.16 Å². The van der Waals surface area contributed by atoms with Crippen LogP contribution in [-0.2, 0) is 11.3 Å². The molecule has 0 bridgehead atoms. The number of fused-ring (bicyclic) bond motifs is 1. The van der Waals surface area contributed by atoms with Crippen molar-refractivity contribution in [3.63, 3.8) is 0 Å². The van der Waals surface area contributed by atoms with E-state index in [0.29, 0.717) is 39.3 Å². The van der Waals surface area contributed by atoms with Crippen LogP contribution in [0, 0.1) is 25.2 Å². The summed E-state index contributed by atoms with van der Waals surface area (Å²) in [5.74, 6) is 0.505. The molecule has 1 N–H and O–H groups in total. The van der Waals surface area contributed by atoms with Gasteiger partial charge in [0.2, 0.25) is 5.91 Å². The van der Waals surface area contributed by atoms with Gasteiger partial charge >= 0.3 is 0 Å². The highest BCUT2D eigenvalue weighted by molar-refractivity contribution is 7.99. The molecule has 0 saturated heterocycles. The molecule has 7 nitrogen and oxygen atoms in total. The van der Waals surface area contributed by atoms with Gasteiger partial charge in [0, 0.05) is 18.3 Å². The fraction of sp³-hybridized carbons (Fsp3) is 0.455. The highest BCUT2D eigenvalue weighted by Crippen LogP contribution is 2.37. The van der Waals surface area contributed by atoms with E-state index in [1.807, 2.05) is 32.2 Å². The number of nitrogens with zero attached hydrogens (tertiary/aromatic N) is 4. The van der Waals surface area contributed by atoms with Crippen molar-refractivity contribution >= 4 is 45.0 Å². The first-order valence-electron chi connectivity index (χ1n) is 10.5. The molecule has 1 aliphatic rings. The number of amides is 1. The van der Waals surface area contributed by atoms with Gasteiger partial charge in [0.05, 0.1) is 16.8 Å². The maximum absolute atomic E-state index is 12.9. The van der Waals surface area contributed by atoms with Crippen molar-refractivity contribution in [3.05, 3.63) is 38.6 Å². The molecule has 4 rings (SSSR count). The Morgan fingerprint density at radius 2 is 2.13 bits per heavy atom. The first-order chi connectivity index (χ1) is 15.0. The molecule has 1 fully saturated rings. The van der Waals surface area contributed by atoms with Gasteiger partial charge in [-0.3, -0.25) is 14.2 Å². The standard InChI is InChI=1S/C22H25N5O2S2/c1-4-26-21(29)19-17(9-10-30-19)24-22(26)31-12-18(28)25-20-16(11-23)13(2)14(3)27(20)15-7-5-6-8-15/h9-10,15H,4-8,12H2,1-3H3,(H,25,28). The van der Waals surface area contributed by atoms with Crippen LogP contribution in [0.25, 0.3) is 10.2 Å². The molecule has 0 unspecified atom stereocenters. The quantitative estimate of drug-likeness (QED) is 0.433. The van der Waals surface area contributed by atoms with Crippen LogP contribution >= 0.6 is 23.1 Å². The summed E-state index contributed by atoms with van der Waals surface area (Å²) >= 11 is 2.63. The third-order valence-corrected chi connectivity index (χ3v) is 7.86. The van der Waals surface area contributed by atoms with Gasteiger partial charge in [0.25, 0.3) is 5.56 Å². The lowest BCUT2D eigenvalue weighted by Gasteiger charge is -2.19. The highest BCUT2D eigenvalue weighted by atomic mass is 32.2. The van der Waals surface area contributed by atoms with Crippen LogP contribution in [0.2, 0.25) is 0 Å². The first kappa shape index (κ1) is 21.7. The van der Waals surface area contributed by atoms with E-state index in [4.69, 9.17) is 0 Å². The molecule has 0 aromatic carbocycles. The van der Waals surface area contributed by atoms with Gasteiger partial charge < -0.3 is 9.88 Å². The Bertz CT molecular complexity index is 1240. The molecule has 0 radical (unpaired) electrons. The fourth-order valence-corrected chi connectivity index (χ4v) is 5.96. The van der Waals surface area contributed by atoms with Gasteiger partial charge in [-0.25, -0.2) is 4.98 Å². The number of nitriles is 1. The average molecular weight is 456 g/mol. The number of anilines is 1. The number of aromatic nitrogens is 3. The lowest BCUT2D eigenvalue weighted by atomic mass is 10.2. The van der Waals surface area contributed by atoms with Crippen LogP contribution < -0.4 is 10.9 Å². The predicted molar refractivity (Wildman–Crippen MR) is 125 cm³/mol. The van der Waals surface area contributed by atoms with Crippen molar-refractivity contribution in [3.8, 4) is 6.07 Å². The Kier molecular flexibility index (Phi) is 6.21. The minimum absolute atomic E-state index is 0.0708. The molecular weight excluding hydrogens is 430 g/mol. The maximum atomic E-state index is 12.9. The van der Waals surface area contributed by atoms with Crippen LogP contribution in [0.4, 0.5) is 5.82 Å². The van der Waals surface area contributed by atoms with Crippen molar-refractivity contribution in [2.24, 2.45) is 0 Å². The van der Waals surface area contributed by atoms with Crippen molar-refractivity contribution in [2.75, 3.05) is 11.1 Å². The summed E-state index contributed by atoms with van der Waals surface area (Å²) in [5.41, 5.74) is 3.08. The van der Waals surface area contributed by atoms with Gasteiger partial charge in [-0.2, -0.15) is 5.26 Å². The summed E-state index contributed by atoms with van der Waals surface area (Å²) in [5, 5.41) is 15.1. The zero-order chi connectivity index (χ0) is 22.1. The Hall–Kier alpha value is -2.57. The van der Waals surface area contributed by atoms with Crippen LogP contribution in [0.1, 0.15) is 55.5 Å². The van der Waals surface area contributed by atoms with E-state index in [1.165, 1.54) is 23.1 Å². The number of carbonyl (C=O) groups is 1. The normalized spacial score (nSPS) is 14.3. The van der Waals surface area contributed by atoms with E-state index in [0.717, 1.165) is 36.9 Å². The van der Waals surface area contributed by atoms with E-state index in [-0.39, 0.29) is 17.2 Å². The summed E-state index contributed by atoms with van der Waals surface area (Å²) in [6.45, 7) is 6.33. The van der Waals surface area contributed by atoms with E-state index in [2.05, 4.69) is 20.9 Å². The van der Waals surface area contributed by atoms with Crippen LogP contribution in [0.3, 0.4) is 0 Å². The second kappa shape index (κ2) is 8.89. The van der Waals surface area contributed by atoms with Gasteiger partial charge in [-0.05, 0) is 50.6 Å². The van der Waals surface area contributed by atoms with Crippen molar-refractivity contribution in [1.29, 1.82) is 5.26 Å². The largest absolute Gasteiger partial charge is 0.327 e. The molecule has 31 heavy (non-hydrogen) atoms. The van der Waals surface area contributed by atoms with Crippen LogP contribution in [0.5, 0.6) is 0 Å². The van der Waals surface area contributed by atoms with Crippen molar-refractivity contribution < 1.29 is 4.79 Å². The Labute approximate surface area is 189 Å². The van der Waals surface area contributed by atoms with E-state index in [1.54, 1.807) is 4.57 Å². The molecule has 1 aliphatic carbocycles. The zero-order valence-electron chi connectivity index (χ0n) is 17.9. The number of hydrogen-bond donors (Lipinski definition) is 1. The van der Waals surface area contributed by atoms with Crippen molar-refractivity contribution in [2.45, 2.75) is 64.2 Å². The smallest absolute Gasteiger partial charge is 0.272 e. The second-order valence-electron chi connectivity index (χ2n) is 7.77. The minimum Gasteiger partial charge on any atom is -0.327 e.